The van der Waals surface area contributed by atoms with Crippen molar-refractivity contribution < 1.29 is 14.3 Å². The SMILES string of the molecule is CCCCCCCCCCCCCCCCCCNC1CCC2C(C1)OC1CC(NCCCCCCCCCCCCCCCCCC)CCC1C21OC(=O)C2CCCCC21. The maximum absolute atomic E-state index is 13.6. The topological polar surface area (TPSA) is 59.6 Å². The maximum Gasteiger partial charge on any atom is 0.309 e. The molecule has 0 amide bonds. The molecule has 0 aromatic rings. The van der Waals surface area contributed by atoms with Crippen molar-refractivity contribution in [1.29, 1.82) is 0 Å². The Morgan fingerprint density at radius 2 is 0.770 bits per heavy atom. The fourth-order valence-corrected chi connectivity index (χ4v) is 13.4. The Kier molecular flexibility index (Phi) is 26.3. The largest absolute Gasteiger partial charge is 0.458 e. The summed E-state index contributed by atoms with van der Waals surface area (Å²) in [5.74, 6) is 1.48. The number of carbonyl (C=O) groups excluding carboxylic acids is 1. The molecule has 3 aliphatic carbocycles. The highest BCUT2D eigenvalue weighted by Crippen LogP contribution is 2.61. The van der Waals surface area contributed by atoms with Crippen LogP contribution in [0.1, 0.15) is 284 Å². The van der Waals surface area contributed by atoms with Crippen molar-refractivity contribution in [3.8, 4) is 0 Å². The van der Waals surface area contributed by atoms with Crippen LogP contribution in [0.5, 0.6) is 0 Å². The molecule has 5 heteroatoms. The molecule has 2 heterocycles. The van der Waals surface area contributed by atoms with Gasteiger partial charge in [-0.15, -0.1) is 0 Å². The number of nitrogens with one attached hydrogen (secondary N) is 2. The number of carbonyl (C=O) groups is 1. The molecule has 0 aromatic heterocycles. The molecule has 5 aliphatic rings. The number of unbranched alkanes of at least 4 members (excludes halogenated alkanes) is 30. The molecule has 61 heavy (non-hydrogen) atoms. The van der Waals surface area contributed by atoms with Gasteiger partial charge in [-0.2, -0.15) is 0 Å². The predicted molar refractivity (Wildman–Crippen MR) is 260 cm³/mol. The van der Waals surface area contributed by atoms with Crippen LogP contribution in [0.15, 0.2) is 0 Å². The van der Waals surface area contributed by atoms with Gasteiger partial charge in [-0.25, -0.2) is 0 Å². The molecular weight excluding hydrogens is 749 g/mol. The van der Waals surface area contributed by atoms with Crippen LogP contribution in [-0.4, -0.2) is 49.0 Å². The first-order chi connectivity index (χ1) is 30.2. The third-order valence-corrected chi connectivity index (χ3v) is 16.9. The van der Waals surface area contributed by atoms with Gasteiger partial charge in [0.15, 0.2) is 0 Å². The molecule has 356 valence electrons. The van der Waals surface area contributed by atoms with Gasteiger partial charge in [0.25, 0.3) is 0 Å². The molecule has 0 bridgehead atoms. The van der Waals surface area contributed by atoms with Crippen LogP contribution in [-0.2, 0) is 14.3 Å². The zero-order chi connectivity index (χ0) is 42.6. The van der Waals surface area contributed by atoms with Gasteiger partial charge >= 0.3 is 5.97 Å². The highest BCUT2D eigenvalue weighted by Gasteiger charge is 2.68. The van der Waals surface area contributed by atoms with E-state index in [-0.39, 0.29) is 29.7 Å². The third-order valence-electron chi connectivity index (χ3n) is 16.9. The van der Waals surface area contributed by atoms with Gasteiger partial charge in [0.2, 0.25) is 0 Å². The van der Waals surface area contributed by atoms with Gasteiger partial charge in [-0.1, -0.05) is 219 Å². The number of fused-ring (bicyclic) bond motifs is 6. The Hall–Kier alpha value is -0.650. The van der Waals surface area contributed by atoms with E-state index >= 15 is 0 Å². The van der Waals surface area contributed by atoms with Crippen LogP contribution >= 0.6 is 0 Å². The third kappa shape index (κ3) is 17.6. The quantitative estimate of drug-likeness (QED) is 0.0486. The summed E-state index contributed by atoms with van der Waals surface area (Å²) >= 11 is 0. The van der Waals surface area contributed by atoms with Crippen molar-refractivity contribution >= 4 is 5.97 Å². The van der Waals surface area contributed by atoms with E-state index in [1.54, 1.807) is 0 Å². The number of esters is 1. The zero-order valence-corrected chi connectivity index (χ0v) is 41.0. The summed E-state index contributed by atoms with van der Waals surface area (Å²) in [5, 5.41) is 8.01. The summed E-state index contributed by atoms with van der Waals surface area (Å²) in [5.41, 5.74) is -0.270. The van der Waals surface area contributed by atoms with Crippen molar-refractivity contribution in [2.45, 2.75) is 313 Å². The van der Waals surface area contributed by atoms with E-state index < -0.39 is 0 Å². The second-order valence-corrected chi connectivity index (χ2v) is 21.7. The van der Waals surface area contributed by atoms with Crippen molar-refractivity contribution in [2.75, 3.05) is 13.1 Å². The van der Waals surface area contributed by atoms with E-state index in [0.717, 1.165) is 45.2 Å². The summed E-state index contributed by atoms with van der Waals surface area (Å²) in [4.78, 5) is 13.6. The summed E-state index contributed by atoms with van der Waals surface area (Å²) in [6.45, 7) is 6.90. The van der Waals surface area contributed by atoms with Gasteiger partial charge in [-0.05, 0) is 77.3 Å². The first kappa shape index (κ1) is 51.3. The van der Waals surface area contributed by atoms with E-state index in [1.165, 1.54) is 238 Å². The first-order valence-electron chi connectivity index (χ1n) is 28.5. The fraction of sp³-hybridized carbons (Fsp3) is 0.982. The maximum atomic E-state index is 13.6. The number of ether oxygens (including phenoxy) is 2. The number of rotatable bonds is 36. The summed E-state index contributed by atoms with van der Waals surface area (Å²) in [6.07, 6.45) is 57.6. The Morgan fingerprint density at radius 1 is 0.426 bits per heavy atom. The molecule has 0 radical (unpaired) electrons. The molecule has 2 N–H and O–H groups in total. The lowest BCUT2D eigenvalue weighted by molar-refractivity contribution is -0.259. The van der Waals surface area contributed by atoms with Crippen LogP contribution in [0.4, 0.5) is 0 Å². The highest BCUT2D eigenvalue weighted by atomic mass is 16.6. The predicted octanol–water partition coefficient (Wildman–Crippen LogP) is 15.9. The van der Waals surface area contributed by atoms with Gasteiger partial charge in [0.05, 0.1) is 18.1 Å². The average molecular weight is 853 g/mol. The summed E-state index contributed by atoms with van der Waals surface area (Å²) < 4.78 is 14.1. The molecule has 5 fully saturated rings. The average Bonchev–Trinajstić information content (AvgIpc) is 3.57. The number of hydrogen-bond donors (Lipinski definition) is 2. The van der Waals surface area contributed by atoms with Crippen molar-refractivity contribution in [3.63, 3.8) is 0 Å². The smallest absolute Gasteiger partial charge is 0.309 e. The molecule has 1 spiro atoms. The molecular formula is C56H104N2O3. The minimum absolute atomic E-state index is 0.143. The molecule has 8 unspecified atom stereocenters. The van der Waals surface area contributed by atoms with E-state index in [9.17, 15) is 4.79 Å². The summed E-state index contributed by atoms with van der Waals surface area (Å²) in [6, 6.07) is 1.08. The second-order valence-electron chi connectivity index (χ2n) is 21.7. The molecule has 0 aromatic carbocycles. The van der Waals surface area contributed by atoms with Crippen LogP contribution in [0.3, 0.4) is 0 Å². The van der Waals surface area contributed by atoms with E-state index in [4.69, 9.17) is 9.47 Å². The second kappa shape index (κ2) is 31.3. The Labute approximate surface area is 379 Å². The minimum atomic E-state index is -0.270. The van der Waals surface area contributed by atoms with Crippen LogP contribution in [0.25, 0.3) is 0 Å². The molecule has 3 saturated carbocycles. The first-order valence-corrected chi connectivity index (χ1v) is 28.5. The molecule has 5 rings (SSSR count). The molecule has 8 atom stereocenters. The molecule has 2 saturated heterocycles. The minimum Gasteiger partial charge on any atom is -0.458 e. The Morgan fingerprint density at radius 3 is 1.15 bits per heavy atom. The zero-order valence-electron chi connectivity index (χ0n) is 41.0. The van der Waals surface area contributed by atoms with Gasteiger partial charge < -0.3 is 20.1 Å². The highest BCUT2D eigenvalue weighted by molar-refractivity contribution is 5.76. The Bertz CT molecular complexity index is 1040. The fourth-order valence-electron chi connectivity index (χ4n) is 13.4. The standard InChI is InChI=1S/C56H104N2O3/c1-3-5-7-9-11-13-15-17-19-21-23-25-27-29-31-35-43-57-47-39-41-51-53(45-47)60-54-46-48(40-42-52(54)56(51)50-38-34-33-37-49(50)55(59)61-56)58-44-36-32-30-28-26-24-22-20-18-16-14-12-10-8-6-4-2/h47-54,57-58H,3-46H2,1-2H3. The summed E-state index contributed by atoms with van der Waals surface area (Å²) in [7, 11) is 0. The van der Waals surface area contributed by atoms with Crippen molar-refractivity contribution in [1.82, 2.24) is 10.6 Å². The monoisotopic (exact) mass is 853 g/mol. The van der Waals surface area contributed by atoms with E-state index in [0.29, 0.717) is 29.8 Å². The van der Waals surface area contributed by atoms with Gasteiger partial charge in [0.1, 0.15) is 5.60 Å². The lowest BCUT2D eigenvalue weighted by atomic mass is 9.54. The van der Waals surface area contributed by atoms with E-state index in [2.05, 4.69) is 24.5 Å². The van der Waals surface area contributed by atoms with Gasteiger partial charge in [-0.3, -0.25) is 4.79 Å². The van der Waals surface area contributed by atoms with Crippen LogP contribution < -0.4 is 10.6 Å². The Balaban J connectivity index is 0.938. The van der Waals surface area contributed by atoms with Crippen molar-refractivity contribution in [3.05, 3.63) is 0 Å². The lowest BCUT2D eigenvalue weighted by Crippen LogP contribution is -2.67. The lowest BCUT2D eigenvalue weighted by Gasteiger charge is -2.59. The normalized spacial score (nSPS) is 29.7. The number of hydrogen-bond acceptors (Lipinski definition) is 5. The van der Waals surface area contributed by atoms with E-state index in [1.807, 2.05) is 0 Å². The van der Waals surface area contributed by atoms with Gasteiger partial charge in [0, 0.05) is 29.8 Å². The molecule has 2 aliphatic heterocycles. The molecule has 5 nitrogen and oxygen atoms in total. The van der Waals surface area contributed by atoms with Crippen LogP contribution in [0, 0.1) is 23.7 Å². The van der Waals surface area contributed by atoms with Crippen molar-refractivity contribution in [2.24, 2.45) is 23.7 Å². The van der Waals surface area contributed by atoms with Crippen LogP contribution in [0.2, 0.25) is 0 Å².